The van der Waals surface area contributed by atoms with Gasteiger partial charge in [-0.3, -0.25) is 4.79 Å². The summed E-state index contributed by atoms with van der Waals surface area (Å²) in [5.74, 6) is 1.95. The molecule has 0 fully saturated rings. The summed E-state index contributed by atoms with van der Waals surface area (Å²) >= 11 is 0. The summed E-state index contributed by atoms with van der Waals surface area (Å²) in [6.07, 6.45) is 2.29. The van der Waals surface area contributed by atoms with Crippen LogP contribution in [-0.2, 0) is 0 Å². The summed E-state index contributed by atoms with van der Waals surface area (Å²) in [5, 5.41) is 4.04. The topological polar surface area (TPSA) is 69.2 Å². The van der Waals surface area contributed by atoms with Crippen molar-refractivity contribution in [3.05, 3.63) is 90.0 Å². The van der Waals surface area contributed by atoms with Crippen LogP contribution in [0.5, 0.6) is 17.2 Å². The van der Waals surface area contributed by atoms with Gasteiger partial charge < -0.3 is 14.2 Å². The molecule has 0 aliphatic heterocycles. The number of rotatable bonds is 10. The van der Waals surface area contributed by atoms with Crippen molar-refractivity contribution in [2.45, 2.75) is 6.42 Å². The fourth-order valence-electron chi connectivity index (χ4n) is 2.66. The van der Waals surface area contributed by atoms with Crippen LogP contribution in [-0.4, -0.2) is 32.4 Å². The third-order valence-corrected chi connectivity index (χ3v) is 4.18. The van der Waals surface area contributed by atoms with Crippen LogP contribution in [0.15, 0.2) is 84.0 Å². The van der Waals surface area contributed by atoms with E-state index in [0.29, 0.717) is 30.9 Å². The molecule has 0 bridgehead atoms. The first-order valence-corrected chi connectivity index (χ1v) is 9.63. The molecule has 0 saturated carbocycles. The average Bonchev–Trinajstić information content (AvgIpc) is 2.80. The lowest BCUT2D eigenvalue weighted by Crippen LogP contribution is -2.17. The van der Waals surface area contributed by atoms with Crippen LogP contribution < -0.4 is 19.6 Å². The summed E-state index contributed by atoms with van der Waals surface area (Å²) in [4.78, 5) is 12.0. The second-order valence-electron chi connectivity index (χ2n) is 6.33. The number of methoxy groups -OCH3 is 1. The van der Waals surface area contributed by atoms with Gasteiger partial charge in [0.25, 0.3) is 5.91 Å². The summed E-state index contributed by atoms with van der Waals surface area (Å²) in [5.41, 5.74) is 3.85. The van der Waals surface area contributed by atoms with Crippen LogP contribution in [0.4, 0.5) is 0 Å². The van der Waals surface area contributed by atoms with Gasteiger partial charge in [0, 0.05) is 23.6 Å². The van der Waals surface area contributed by atoms with Gasteiger partial charge in [-0.15, -0.1) is 0 Å². The largest absolute Gasteiger partial charge is 0.497 e. The molecule has 0 unspecified atom stereocenters. The predicted octanol–water partition coefficient (Wildman–Crippen LogP) is 4.31. The van der Waals surface area contributed by atoms with Gasteiger partial charge in [0.1, 0.15) is 17.2 Å². The Labute approximate surface area is 176 Å². The third-order valence-electron chi connectivity index (χ3n) is 4.18. The number of nitrogens with one attached hydrogen (secondary N) is 1. The van der Waals surface area contributed by atoms with Gasteiger partial charge in [-0.05, 0) is 36.4 Å². The zero-order valence-corrected chi connectivity index (χ0v) is 16.8. The minimum Gasteiger partial charge on any atom is -0.497 e. The lowest BCUT2D eigenvalue weighted by atomic mass is 10.2. The highest BCUT2D eigenvalue weighted by Crippen LogP contribution is 2.19. The van der Waals surface area contributed by atoms with Crippen molar-refractivity contribution in [1.29, 1.82) is 0 Å². The number of nitrogens with zero attached hydrogens (tertiary/aromatic N) is 1. The van der Waals surface area contributed by atoms with Gasteiger partial charge in [-0.25, -0.2) is 5.43 Å². The van der Waals surface area contributed by atoms with Gasteiger partial charge in [0.2, 0.25) is 0 Å². The van der Waals surface area contributed by atoms with Crippen LogP contribution >= 0.6 is 0 Å². The monoisotopic (exact) mass is 404 g/mol. The number of hydrogen-bond donors (Lipinski definition) is 1. The minimum atomic E-state index is -0.264. The number of carbonyl (C=O) groups is 1. The second kappa shape index (κ2) is 11.3. The highest BCUT2D eigenvalue weighted by atomic mass is 16.5. The van der Waals surface area contributed by atoms with Crippen LogP contribution in [0.25, 0.3) is 0 Å². The number of carbonyl (C=O) groups excluding carboxylic acids is 1. The standard InChI is InChI=1S/C24H24N2O4/c1-28-21-12-7-13-22(17-21)29-15-8-16-30-23-14-6-5-11-20(23)18-25-26-24(27)19-9-3-2-4-10-19/h2-7,9-14,17-18H,8,15-16H2,1H3,(H,26,27)/b25-18+. The van der Waals surface area contributed by atoms with Gasteiger partial charge in [0.05, 0.1) is 26.5 Å². The van der Waals surface area contributed by atoms with Crippen molar-refractivity contribution in [2.24, 2.45) is 5.10 Å². The number of para-hydroxylation sites is 1. The van der Waals surface area contributed by atoms with E-state index in [-0.39, 0.29) is 5.91 Å². The van der Waals surface area contributed by atoms with Crippen molar-refractivity contribution in [3.8, 4) is 17.2 Å². The minimum absolute atomic E-state index is 0.264. The number of benzene rings is 3. The van der Waals surface area contributed by atoms with E-state index in [1.165, 1.54) is 0 Å². The van der Waals surface area contributed by atoms with Crippen LogP contribution in [0.1, 0.15) is 22.3 Å². The summed E-state index contributed by atoms with van der Waals surface area (Å²) in [7, 11) is 1.63. The fourth-order valence-corrected chi connectivity index (χ4v) is 2.66. The quantitative estimate of drug-likeness (QED) is 0.311. The lowest BCUT2D eigenvalue weighted by Gasteiger charge is -2.10. The van der Waals surface area contributed by atoms with Crippen LogP contribution in [0.3, 0.4) is 0 Å². The van der Waals surface area contributed by atoms with E-state index in [1.54, 1.807) is 37.6 Å². The average molecular weight is 404 g/mol. The third kappa shape index (κ3) is 6.38. The molecule has 0 aliphatic rings. The number of ether oxygens (including phenoxy) is 3. The molecule has 3 rings (SSSR count). The van der Waals surface area contributed by atoms with E-state index in [1.807, 2.05) is 54.6 Å². The van der Waals surface area contributed by atoms with Crippen molar-refractivity contribution < 1.29 is 19.0 Å². The molecule has 0 heterocycles. The molecule has 6 nitrogen and oxygen atoms in total. The maximum Gasteiger partial charge on any atom is 0.271 e. The molecule has 1 amide bonds. The fraction of sp³-hybridized carbons (Fsp3) is 0.167. The van der Waals surface area contributed by atoms with E-state index < -0.39 is 0 Å². The van der Waals surface area contributed by atoms with Crippen molar-refractivity contribution in [1.82, 2.24) is 5.43 Å². The highest BCUT2D eigenvalue weighted by Gasteiger charge is 2.04. The Morgan fingerprint density at radius 3 is 2.47 bits per heavy atom. The zero-order valence-electron chi connectivity index (χ0n) is 16.8. The van der Waals surface area contributed by atoms with Gasteiger partial charge in [-0.1, -0.05) is 36.4 Å². The van der Waals surface area contributed by atoms with Gasteiger partial charge >= 0.3 is 0 Å². The second-order valence-corrected chi connectivity index (χ2v) is 6.33. The molecule has 0 radical (unpaired) electrons. The molecule has 0 aromatic heterocycles. The first-order valence-electron chi connectivity index (χ1n) is 9.63. The van der Waals surface area contributed by atoms with Gasteiger partial charge in [0.15, 0.2) is 0 Å². The SMILES string of the molecule is COc1cccc(OCCCOc2ccccc2/C=N/NC(=O)c2ccccc2)c1. The molecule has 0 saturated heterocycles. The molecule has 154 valence electrons. The van der Waals surface area contributed by atoms with Crippen molar-refractivity contribution in [2.75, 3.05) is 20.3 Å². The Kier molecular flexibility index (Phi) is 7.85. The molecule has 3 aromatic rings. The maximum atomic E-state index is 12.0. The maximum absolute atomic E-state index is 12.0. The first kappa shape index (κ1) is 20.9. The Hall–Kier alpha value is -3.80. The predicted molar refractivity (Wildman–Crippen MR) is 117 cm³/mol. The number of hydrogen-bond acceptors (Lipinski definition) is 5. The normalized spacial score (nSPS) is 10.6. The molecule has 3 aromatic carbocycles. The van der Waals surface area contributed by atoms with Crippen molar-refractivity contribution >= 4 is 12.1 Å². The Morgan fingerprint density at radius 2 is 1.63 bits per heavy atom. The zero-order chi connectivity index (χ0) is 21.0. The van der Waals surface area contributed by atoms with E-state index in [4.69, 9.17) is 14.2 Å². The summed E-state index contributed by atoms with van der Waals surface area (Å²) in [6.45, 7) is 1.02. The lowest BCUT2D eigenvalue weighted by molar-refractivity contribution is 0.0955. The van der Waals surface area contributed by atoms with E-state index in [9.17, 15) is 4.79 Å². The molecule has 0 aliphatic carbocycles. The molecule has 6 heteroatoms. The van der Waals surface area contributed by atoms with E-state index in [2.05, 4.69) is 10.5 Å². The molecule has 0 atom stereocenters. The van der Waals surface area contributed by atoms with Crippen LogP contribution in [0.2, 0.25) is 0 Å². The van der Waals surface area contributed by atoms with E-state index >= 15 is 0 Å². The Morgan fingerprint density at radius 1 is 0.900 bits per heavy atom. The smallest absolute Gasteiger partial charge is 0.271 e. The molecular formula is C24H24N2O4. The molecular weight excluding hydrogens is 380 g/mol. The summed E-state index contributed by atoms with van der Waals surface area (Å²) < 4.78 is 16.8. The Bertz CT molecular complexity index is 974. The van der Waals surface area contributed by atoms with Gasteiger partial charge in [-0.2, -0.15) is 5.10 Å². The van der Waals surface area contributed by atoms with E-state index in [0.717, 1.165) is 17.1 Å². The van der Waals surface area contributed by atoms with Crippen LogP contribution in [0, 0.1) is 0 Å². The molecule has 1 N–H and O–H groups in total. The number of amides is 1. The molecule has 30 heavy (non-hydrogen) atoms. The first-order chi connectivity index (χ1) is 14.8. The number of hydrazone groups is 1. The Balaban J connectivity index is 1.46. The molecule has 0 spiro atoms. The highest BCUT2D eigenvalue weighted by molar-refractivity contribution is 5.95. The summed E-state index contributed by atoms with van der Waals surface area (Å²) in [6, 6.07) is 23.9. The van der Waals surface area contributed by atoms with Crippen molar-refractivity contribution in [3.63, 3.8) is 0 Å².